The van der Waals surface area contributed by atoms with E-state index in [1.54, 1.807) is 43.7 Å². The van der Waals surface area contributed by atoms with Crippen molar-refractivity contribution >= 4 is 29.3 Å². The van der Waals surface area contributed by atoms with Crippen LogP contribution in [0.5, 0.6) is 0 Å². The van der Waals surface area contributed by atoms with E-state index in [4.69, 9.17) is 9.47 Å². The maximum absolute atomic E-state index is 12.4. The van der Waals surface area contributed by atoms with E-state index < -0.39 is 39.4 Å². The Morgan fingerprint density at radius 3 is 2.44 bits per heavy atom. The van der Waals surface area contributed by atoms with E-state index >= 15 is 0 Å². The number of nitrogens with zero attached hydrogens (tertiary/aromatic N) is 4. The zero-order chi connectivity index (χ0) is 24.3. The normalized spacial score (nSPS) is 15.2. The SMILES string of the molecule is CC(C)(C)OC[C@H](NC(=O)OC(C)(C)C)c1cn2ncc(/C=N/[S+]([O-])C(C)(C)C)cc2n1. The smallest absolute Gasteiger partial charge is 0.408 e. The minimum Gasteiger partial charge on any atom is -0.591 e. The summed E-state index contributed by atoms with van der Waals surface area (Å²) in [6.07, 6.45) is 4.32. The van der Waals surface area contributed by atoms with Gasteiger partial charge in [-0.2, -0.15) is 5.10 Å². The highest BCUT2D eigenvalue weighted by Gasteiger charge is 2.26. The number of nitrogens with one attached hydrogen (secondary N) is 1. The molecule has 9 nitrogen and oxygen atoms in total. The molecule has 1 unspecified atom stereocenters. The van der Waals surface area contributed by atoms with Crippen LogP contribution in [0.2, 0.25) is 0 Å². The molecule has 0 aromatic carbocycles. The van der Waals surface area contributed by atoms with Gasteiger partial charge in [0.25, 0.3) is 0 Å². The molecule has 2 atom stereocenters. The van der Waals surface area contributed by atoms with E-state index in [0.29, 0.717) is 16.9 Å². The van der Waals surface area contributed by atoms with E-state index in [1.807, 2.05) is 41.5 Å². The van der Waals surface area contributed by atoms with Gasteiger partial charge in [0.15, 0.2) is 5.65 Å². The van der Waals surface area contributed by atoms with Gasteiger partial charge in [0.05, 0.1) is 42.6 Å². The Morgan fingerprint density at radius 1 is 1.22 bits per heavy atom. The molecule has 2 aromatic rings. The Labute approximate surface area is 193 Å². The van der Waals surface area contributed by atoms with Gasteiger partial charge in [-0.05, 0) is 68.4 Å². The maximum atomic E-state index is 12.4. The first-order valence-electron chi connectivity index (χ1n) is 10.5. The molecule has 10 heteroatoms. The summed E-state index contributed by atoms with van der Waals surface area (Å²) < 4.78 is 28.7. The van der Waals surface area contributed by atoms with Crippen LogP contribution in [0.1, 0.15) is 79.6 Å². The number of carbonyl (C=O) groups is 1. The summed E-state index contributed by atoms with van der Waals surface area (Å²) in [6.45, 7) is 17.0. The van der Waals surface area contributed by atoms with Crippen molar-refractivity contribution in [2.24, 2.45) is 4.40 Å². The quantitative estimate of drug-likeness (QED) is 0.510. The van der Waals surface area contributed by atoms with Crippen LogP contribution in [-0.2, 0) is 20.8 Å². The third-order valence-corrected chi connectivity index (χ3v) is 5.26. The number of carbonyl (C=O) groups excluding carboxylic acids is 1. The summed E-state index contributed by atoms with van der Waals surface area (Å²) in [6, 6.07) is 1.26. The van der Waals surface area contributed by atoms with E-state index in [9.17, 15) is 9.35 Å². The first-order chi connectivity index (χ1) is 14.5. The van der Waals surface area contributed by atoms with Crippen LogP contribution in [-0.4, -0.2) is 54.0 Å². The molecule has 1 amide bonds. The summed E-state index contributed by atoms with van der Waals surface area (Å²) in [5.41, 5.74) is 0.811. The Bertz CT molecular complexity index is 954. The average molecular weight is 466 g/mol. The minimum atomic E-state index is -1.36. The average Bonchev–Trinajstić information content (AvgIpc) is 3.03. The largest absolute Gasteiger partial charge is 0.591 e. The molecule has 2 rings (SSSR count). The number of hydrogen-bond acceptors (Lipinski definition) is 7. The molecule has 0 fully saturated rings. The second-order valence-corrected chi connectivity index (χ2v) is 12.4. The summed E-state index contributed by atoms with van der Waals surface area (Å²) in [5.74, 6) is 0. The molecule has 2 heterocycles. The predicted octanol–water partition coefficient (Wildman–Crippen LogP) is 3.99. The lowest BCUT2D eigenvalue weighted by molar-refractivity contribution is -0.0179. The van der Waals surface area contributed by atoms with Gasteiger partial charge in [0.2, 0.25) is 0 Å². The number of rotatable bonds is 6. The third-order valence-electron chi connectivity index (χ3n) is 3.91. The number of imidazole rings is 1. The molecule has 0 aliphatic carbocycles. The van der Waals surface area contributed by atoms with E-state index in [2.05, 4.69) is 19.8 Å². The molecule has 0 saturated heterocycles. The zero-order valence-electron chi connectivity index (χ0n) is 20.4. The number of aromatic nitrogens is 3. The van der Waals surface area contributed by atoms with Crippen molar-refractivity contribution < 1.29 is 18.8 Å². The molecule has 0 spiro atoms. The van der Waals surface area contributed by atoms with Gasteiger partial charge in [-0.1, -0.05) is 4.40 Å². The molecule has 2 aromatic heterocycles. The molecule has 32 heavy (non-hydrogen) atoms. The van der Waals surface area contributed by atoms with Gasteiger partial charge in [0.1, 0.15) is 21.7 Å². The van der Waals surface area contributed by atoms with Crippen molar-refractivity contribution in [3.8, 4) is 0 Å². The first kappa shape index (κ1) is 26.1. The fourth-order valence-electron chi connectivity index (χ4n) is 2.40. The predicted molar refractivity (Wildman–Crippen MR) is 126 cm³/mol. The molecular formula is C22H35N5O4S. The first-order valence-corrected chi connectivity index (χ1v) is 11.6. The third kappa shape index (κ3) is 8.40. The van der Waals surface area contributed by atoms with Gasteiger partial charge in [-0.25, -0.2) is 14.3 Å². The summed E-state index contributed by atoms with van der Waals surface area (Å²) >= 11 is -1.36. The molecule has 178 valence electrons. The van der Waals surface area contributed by atoms with E-state index in [-0.39, 0.29) is 6.61 Å². The maximum Gasteiger partial charge on any atom is 0.408 e. The summed E-state index contributed by atoms with van der Waals surface area (Å²) in [5, 5.41) is 7.19. The lowest BCUT2D eigenvalue weighted by Crippen LogP contribution is -2.38. The number of fused-ring (bicyclic) bond motifs is 1. The van der Waals surface area contributed by atoms with Crippen LogP contribution in [0.3, 0.4) is 0 Å². The lowest BCUT2D eigenvalue weighted by atomic mass is 10.2. The molecule has 1 N–H and O–H groups in total. The Kier molecular flexibility index (Phi) is 7.96. The summed E-state index contributed by atoms with van der Waals surface area (Å²) in [4.78, 5) is 17.0. The standard InChI is InChI=1S/C22H35N5O4S/c1-20(2,3)30-14-17(26-19(28)31-21(4,5)6)16-13-27-18(25-16)10-15(11-23-27)12-24-32(29)22(7,8)9/h10-13,17H,14H2,1-9H3,(H,26,28)/b24-12+/t17-,32?/m0/s1. The summed E-state index contributed by atoms with van der Waals surface area (Å²) in [7, 11) is 0. The Morgan fingerprint density at radius 2 is 1.88 bits per heavy atom. The van der Waals surface area contributed by atoms with Crippen LogP contribution in [0.15, 0.2) is 22.9 Å². The van der Waals surface area contributed by atoms with E-state index in [0.717, 1.165) is 0 Å². The highest BCUT2D eigenvalue weighted by Crippen LogP contribution is 2.20. The lowest BCUT2D eigenvalue weighted by Gasteiger charge is -2.26. The number of alkyl carbamates (subject to hydrolysis) is 1. The molecule has 0 bridgehead atoms. The zero-order valence-corrected chi connectivity index (χ0v) is 21.2. The molecular weight excluding hydrogens is 430 g/mol. The van der Waals surface area contributed by atoms with Crippen LogP contribution in [0.25, 0.3) is 5.65 Å². The van der Waals surface area contributed by atoms with Crippen molar-refractivity contribution in [2.45, 2.75) is 84.3 Å². The van der Waals surface area contributed by atoms with Crippen molar-refractivity contribution in [1.82, 2.24) is 19.9 Å². The van der Waals surface area contributed by atoms with E-state index in [1.165, 1.54) is 6.21 Å². The highest BCUT2D eigenvalue weighted by atomic mass is 32.2. The second kappa shape index (κ2) is 9.76. The van der Waals surface area contributed by atoms with Crippen molar-refractivity contribution in [3.05, 3.63) is 29.7 Å². The molecule has 0 aliphatic rings. The second-order valence-electron chi connectivity index (χ2n) is 10.5. The van der Waals surface area contributed by atoms with Crippen molar-refractivity contribution in [2.75, 3.05) is 6.61 Å². The van der Waals surface area contributed by atoms with Crippen LogP contribution in [0, 0.1) is 0 Å². The molecule has 0 saturated carbocycles. The van der Waals surface area contributed by atoms with Gasteiger partial charge >= 0.3 is 6.09 Å². The number of amides is 1. The Hall–Kier alpha value is -2.17. The topological polar surface area (TPSA) is 113 Å². The monoisotopic (exact) mass is 465 g/mol. The number of hydrogen-bond donors (Lipinski definition) is 1. The van der Waals surface area contributed by atoms with Crippen molar-refractivity contribution in [1.29, 1.82) is 0 Å². The molecule has 0 aliphatic heterocycles. The minimum absolute atomic E-state index is 0.214. The van der Waals surface area contributed by atoms with Gasteiger partial charge in [-0.3, -0.25) is 0 Å². The van der Waals surface area contributed by atoms with Crippen molar-refractivity contribution in [3.63, 3.8) is 0 Å². The fraction of sp³-hybridized carbons (Fsp3) is 0.636. The van der Waals surface area contributed by atoms with Gasteiger partial charge in [0, 0.05) is 5.56 Å². The molecule has 0 radical (unpaired) electrons. The fourth-order valence-corrected chi connectivity index (χ4v) is 2.93. The van der Waals surface area contributed by atoms with Crippen LogP contribution >= 0.6 is 0 Å². The Balaban J connectivity index is 2.28. The van der Waals surface area contributed by atoms with Gasteiger partial charge in [-0.15, -0.1) is 0 Å². The highest BCUT2D eigenvalue weighted by molar-refractivity contribution is 7.91. The van der Waals surface area contributed by atoms with Crippen LogP contribution < -0.4 is 5.32 Å². The van der Waals surface area contributed by atoms with Crippen LogP contribution in [0.4, 0.5) is 4.79 Å². The number of ether oxygens (including phenoxy) is 2. The van der Waals surface area contributed by atoms with Gasteiger partial charge < -0.3 is 19.3 Å².